The quantitative estimate of drug-likeness (QED) is 0.553. The van der Waals surface area contributed by atoms with Crippen LogP contribution in [0.3, 0.4) is 0 Å². The summed E-state index contributed by atoms with van der Waals surface area (Å²) in [4.78, 5) is 36.2. The van der Waals surface area contributed by atoms with Gasteiger partial charge in [-0.3, -0.25) is 9.59 Å². The van der Waals surface area contributed by atoms with E-state index in [1.165, 1.54) is 25.0 Å². The SMILES string of the molecule is C[C@H]1COCCN1c1nc(C(=O)Nc2cc3c(cc2N2CCOCC2)C(=O)N(C[C@@H](F)C(C)(C)O)C3)co1. The number of alkyl halides is 1. The number of rotatable bonds is 7. The van der Waals surface area contributed by atoms with Gasteiger partial charge >= 0.3 is 0 Å². The second kappa shape index (κ2) is 10.5. The lowest BCUT2D eigenvalue weighted by atomic mass is 10.0. The Labute approximate surface area is 220 Å². The van der Waals surface area contributed by atoms with Crippen LogP contribution in [-0.2, 0) is 16.0 Å². The molecule has 3 aliphatic heterocycles. The summed E-state index contributed by atoms with van der Waals surface area (Å²) in [5, 5.41) is 13.0. The number of carbonyl (C=O) groups is 2. The monoisotopic (exact) mass is 531 g/mol. The topological polar surface area (TPSA) is 121 Å². The molecule has 2 aromatic rings. The molecule has 206 valence electrons. The molecule has 0 saturated carbocycles. The summed E-state index contributed by atoms with van der Waals surface area (Å²) in [6, 6.07) is 3.95. The minimum absolute atomic E-state index is 0.0729. The van der Waals surface area contributed by atoms with Crippen LogP contribution in [0.15, 0.2) is 22.8 Å². The molecule has 0 spiro atoms. The van der Waals surface area contributed by atoms with Crippen LogP contribution in [0.1, 0.15) is 47.2 Å². The normalized spacial score (nSPS) is 21.0. The van der Waals surface area contributed by atoms with Crippen LogP contribution < -0.4 is 15.1 Å². The second-order valence-electron chi connectivity index (χ2n) is 10.5. The lowest BCUT2D eigenvalue weighted by molar-refractivity contribution is -0.0159. The summed E-state index contributed by atoms with van der Waals surface area (Å²) in [7, 11) is 0. The predicted molar refractivity (Wildman–Crippen MR) is 137 cm³/mol. The summed E-state index contributed by atoms with van der Waals surface area (Å²) in [6.45, 7) is 8.65. The maximum Gasteiger partial charge on any atom is 0.298 e. The third-order valence-electron chi connectivity index (χ3n) is 7.19. The van der Waals surface area contributed by atoms with E-state index >= 15 is 0 Å². The fourth-order valence-corrected chi connectivity index (χ4v) is 4.84. The number of aromatic nitrogens is 1. The largest absolute Gasteiger partial charge is 0.431 e. The van der Waals surface area contributed by atoms with Crippen molar-refractivity contribution in [1.82, 2.24) is 9.88 Å². The van der Waals surface area contributed by atoms with E-state index in [4.69, 9.17) is 13.9 Å². The number of amides is 2. The highest BCUT2D eigenvalue weighted by Gasteiger charge is 2.36. The Bertz CT molecular complexity index is 1190. The highest BCUT2D eigenvalue weighted by molar-refractivity contribution is 6.07. The van der Waals surface area contributed by atoms with Crippen molar-refractivity contribution in [1.29, 1.82) is 0 Å². The third-order valence-corrected chi connectivity index (χ3v) is 7.19. The molecule has 38 heavy (non-hydrogen) atoms. The van der Waals surface area contributed by atoms with Gasteiger partial charge in [0.1, 0.15) is 12.4 Å². The van der Waals surface area contributed by atoms with E-state index in [1.54, 1.807) is 12.1 Å². The summed E-state index contributed by atoms with van der Waals surface area (Å²) in [6.07, 6.45) is -0.271. The van der Waals surface area contributed by atoms with E-state index < -0.39 is 17.7 Å². The average molecular weight is 532 g/mol. The number of fused-ring (bicyclic) bond motifs is 1. The Morgan fingerprint density at radius 2 is 1.97 bits per heavy atom. The lowest BCUT2D eigenvalue weighted by Crippen LogP contribution is -2.43. The number of benzene rings is 1. The van der Waals surface area contributed by atoms with E-state index in [0.717, 1.165) is 0 Å². The number of nitrogens with zero attached hydrogens (tertiary/aromatic N) is 4. The molecule has 0 unspecified atom stereocenters. The standard InChI is InChI=1S/C26H34FN5O6/c1-16-14-37-9-6-32(16)25-29-20(15-38-25)23(33)28-19-10-17-12-31(13-22(27)26(2,3)35)24(34)18(17)11-21(19)30-4-7-36-8-5-30/h10-11,15-16,22,35H,4-9,12-14H2,1-3H3,(H,28,33)/t16-,22+/m0/s1. The average Bonchev–Trinajstić information content (AvgIpc) is 3.49. The van der Waals surface area contributed by atoms with Crippen molar-refractivity contribution >= 4 is 29.2 Å². The van der Waals surface area contributed by atoms with Gasteiger partial charge in [0.15, 0.2) is 5.69 Å². The van der Waals surface area contributed by atoms with Gasteiger partial charge in [-0.1, -0.05) is 0 Å². The fraction of sp³-hybridized carbons (Fsp3) is 0.577. The number of aliphatic hydroxyl groups is 1. The molecule has 11 nitrogen and oxygen atoms in total. The van der Waals surface area contributed by atoms with Gasteiger partial charge in [-0.15, -0.1) is 0 Å². The Morgan fingerprint density at radius 1 is 1.24 bits per heavy atom. The molecule has 5 rings (SSSR count). The first-order valence-corrected chi connectivity index (χ1v) is 12.9. The number of halogens is 1. The van der Waals surface area contributed by atoms with Crippen molar-refractivity contribution in [2.24, 2.45) is 0 Å². The van der Waals surface area contributed by atoms with E-state index in [2.05, 4.69) is 10.3 Å². The zero-order valence-corrected chi connectivity index (χ0v) is 21.9. The summed E-state index contributed by atoms with van der Waals surface area (Å²) < 4.78 is 31.1. The van der Waals surface area contributed by atoms with Crippen molar-refractivity contribution in [2.75, 3.05) is 67.7 Å². The highest BCUT2D eigenvalue weighted by Crippen LogP contribution is 2.36. The first kappa shape index (κ1) is 26.4. The molecule has 0 bridgehead atoms. The van der Waals surface area contributed by atoms with Crippen LogP contribution in [0.25, 0.3) is 0 Å². The molecule has 1 aromatic heterocycles. The van der Waals surface area contributed by atoms with Crippen LogP contribution in [0.5, 0.6) is 0 Å². The first-order valence-electron chi connectivity index (χ1n) is 12.9. The first-order chi connectivity index (χ1) is 18.1. The lowest BCUT2D eigenvalue weighted by Gasteiger charge is -2.31. The van der Waals surface area contributed by atoms with E-state index in [9.17, 15) is 19.1 Å². The summed E-state index contributed by atoms with van der Waals surface area (Å²) in [5.74, 6) is -0.748. The zero-order chi connectivity index (χ0) is 27.0. The Hall–Kier alpha value is -3.22. The molecular formula is C26H34FN5O6. The van der Waals surface area contributed by atoms with Gasteiger partial charge in [-0.2, -0.15) is 4.98 Å². The highest BCUT2D eigenvalue weighted by atomic mass is 19.1. The van der Waals surface area contributed by atoms with Crippen molar-refractivity contribution in [2.45, 2.75) is 45.1 Å². The number of morpholine rings is 2. The summed E-state index contributed by atoms with van der Waals surface area (Å²) >= 11 is 0. The maximum absolute atomic E-state index is 14.6. The molecule has 2 amide bonds. The Balaban J connectivity index is 1.40. The minimum Gasteiger partial charge on any atom is -0.431 e. The smallest absolute Gasteiger partial charge is 0.298 e. The van der Waals surface area contributed by atoms with Gasteiger partial charge in [0.2, 0.25) is 0 Å². The van der Waals surface area contributed by atoms with E-state index in [0.29, 0.717) is 74.6 Å². The third kappa shape index (κ3) is 5.33. The van der Waals surface area contributed by atoms with Crippen LogP contribution in [-0.4, -0.2) is 97.2 Å². The molecular weight excluding hydrogens is 497 g/mol. The van der Waals surface area contributed by atoms with Crippen molar-refractivity contribution in [3.8, 4) is 0 Å². The Kier molecular flexibility index (Phi) is 7.30. The van der Waals surface area contributed by atoms with Crippen LogP contribution in [0.4, 0.5) is 21.8 Å². The van der Waals surface area contributed by atoms with Crippen molar-refractivity contribution in [3.63, 3.8) is 0 Å². The summed E-state index contributed by atoms with van der Waals surface area (Å²) in [5.41, 5.74) is 0.901. The second-order valence-corrected chi connectivity index (χ2v) is 10.5. The van der Waals surface area contributed by atoms with Crippen LogP contribution in [0.2, 0.25) is 0 Å². The predicted octanol–water partition coefficient (Wildman–Crippen LogP) is 2.05. The van der Waals surface area contributed by atoms with Gasteiger partial charge in [0.05, 0.1) is 56.0 Å². The molecule has 4 heterocycles. The number of anilines is 3. The zero-order valence-electron chi connectivity index (χ0n) is 21.9. The van der Waals surface area contributed by atoms with E-state index in [1.807, 2.05) is 16.7 Å². The number of hydrogen-bond donors (Lipinski definition) is 2. The molecule has 2 N–H and O–H groups in total. The van der Waals surface area contributed by atoms with E-state index in [-0.39, 0.29) is 30.7 Å². The van der Waals surface area contributed by atoms with Gasteiger partial charge in [0.25, 0.3) is 17.8 Å². The van der Waals surface area contributed by atoms with Gasteiger partial charge in [-0.05, 0) is 38.5 Å². The molecule has 1 aromatic carbocycles. The molecule has 2 saturated heterocycles. The Morgan fingerprint density at radius 3 is 2.68 bits per heavy atom. The molecule has 12 heteroatoms. The van der Waals surface area contributed by atoms with Crippen LogP contribution >= 0.6 is 0 Å². The van der Waals surface area contributed by atoms with Gasteiger partial charge < -0.3 is 39.0 Å². The number of ether oxygens (including phenoxy) is 2. The number of nitrogens with one attached hydrogen (secondary N) is 1. The molecule has 3 aliphatic rings. The van der Waals surface area contributed by atoms with Gasteiger partial charge in [0, 0.05) is 31.7 Å². The molecule has 0 aliphatic carbocycles. The van der Waals surface area contributed by atoms with Gasteiger partial charge in [-0.25, -0.2) is 4.39 Å². The molecule has 2 fully saturated rings. The molecule has 2 atom stereocenters. The fourth-order valence-electron chi connectivity index (χ4n) is 4.84. The maximum atomic E-state index is 14.6. The number of hydrogen-bond acceptors (Lipinski definition) is 9. The van der Waals surface area contributed by atoms with Crippen LogP contribution in [0, 0.1) is 0 Å². The number of carbonyl (C=O) groups excluding carboxylic acids is 2. The molecule has 0 radical (unpaired) electrons. The minimum atomic E-state index is -1.60. The van der Waals surface area contributed by atoms with Crippen molar-refractivity contribution < 1.29 is 33.0 Å². The number of oxazole rings is 1. The van der Waals surface area contributed by atoms with Crippen molar-refractivity contribution in [3.05, 3.63) is 35.2 Å².